The van der Waals surface area contributed by atoms with E-state index in [0.29, 0.717) is 36.6 Å². The Morgan fingerprint density at radius 2 is 1.65 bits per heavy atom. The van der Waals surface area contributed by atoms with Crippen LogP contribution in [0.1, 0.15) is 81.0 Å². The second kappa shape index (κ2) is 18.5. The third kappa shape index (κ3) is 11.7. The molecule has 15 heteroatoms. The molecule has 302 valence electrons. The number of aromatic nitrogens is 5. The number of amides is 4. The molecule has 2 aromatic heterocycles. The molecule has 3 heterocycles. The topological polar surface area (TPSA) is 196 Å². The van der Waals surface area contributed by atoms with Crippen molar-refractivity contribution in [3.05, 3.63) is 77.6 Å². The van der Waals surface area contributed by atoms with E-state index in [-0.39, 0.29) is 42.0 Å². The Hall–Kier alpha value is -5.70. The number of carbonyl (C=O) groups excluding carboxylic acids is 4. The van der Waals surface area contributed by atoms with E-state index in [1.54, 1.807) is 30.3 Å². The average Bonchev–Trinajstić information content (AvgIpc) is 3.72. The summed E-state index contributed by atoms with van der Waals surface area (Å²) in [6.45, 7) is 9.73. The first-order chi connectivity index (χ1) is 27.3. The molecular weight excluding hydrogens is 725 g/mol. The van der Waals surface area contributed by atoms with Crippen molar-refractivity contribution < 1.29 is 23.9 Å². The molecule has 0 spiro atoms. The van der Waals surface area contributed by atoms with Gasteiger partial charge in [0.2, 0.25) is 17.6 Å². The van der Waals surface area contributed by atoms with E-state index in [1.165, 1.54) is 0 Å². The Bertz CT molecular complexity index is 1990. The standard InChI is InChI=1S/C42H54N10O5/c1-26-34(20-21-35(44-26)39(54)46-33-7-6-22-52(5)25-33)29-12-8-27(9-13-29)23-36(40(55)45-32-18-16-30(17-19-32)37-48-50-51-49-37)47-38(53)31-14-10-28(11-15-31)24-43-41(56)57-42(2,3)4/h8-9,12-13,16-21,28,31,33,36H,6-7,10-11,14-15,22-25H2,1-5H3,(H,43,56)(H,45,55)(H,46,54)(H,47,53)(H,48,49,50,51)/t28-,31-,33-,36-/m0/s1. The van der Waals surface area contributed by atoms with Crippen LogP contribution in [-0.4, -0.2) is 98.7 Å². The lowest BCUT2D eigenvalue weighted by Crippen LogP contribution is -2.48. The van der Waals surface area contributed by atoms with Gasteiger partial charge in [0.1, 0.15) is 17.3 Å². The molecule has 0 radical (unpaired) electrons. The Kier molecular flexibility index (Phi) is 13.3. The zero-order chi connectivity index (χ0) is 40.5. The lowest BCUT2D eigenvalue weighted by Gasteiger charge is -2.30. The molecule has 4 amide bonds. The number of ether oxygens (including phenoxy) is 1. The molecule has 15 nitrogen and oxygen atoms in total. The highest BCUT2D eigenvalue weighted by atomic mass is 16.6. The monoisotopic (exact) mass is 778 g/mol. The summed E-state index contributed by atoms with van der Waals surface area (Å²) in [5, 5.41) is 26.0. The zero-order valence-electron chi connectivity index (χ0n) is 33.4. The number of rotatable bonds is 12. The van der Waals surface area contributed by atoms with E-state index in [0.717, 1.165) is 66.7 Å². The van der Waals surface area contributed by atoms with Crippen LogP contribution in [0.25, 0.3) is 22.5 Å². The van der Waals surface area contributed by atoms with Gasteiger partial charge in [-0.2, -0.15) is 5.21 Å². The number of carbonyl (C=O) groups is 4. The quantitative estimate of drug-likeness (QED) is 0.130. The lowest BCUT2D eigenvalue weighted by molar-refractivity contribution is -0.130. The van der Waals surface area contributed by atoms with Crippen molar-refractivity contribution >= 4 is 29.5 Å². The third-order valence-electron chi connectivity index (χ3n) is 10.5. The number of hydrogen-bond donors (Lipinski definition) is 5. The van der Waals surface area contributed by atoms with Crippen LogP contribution in [0.15, 0.2) is 60.7 Å². The molecule has 6 rings (SSSR count). The fraction of sp³-hybridized carbons (Fsp3) is 0.476. The van der Waals surface area contributed by atoms with Gasteiger partial charge in [0.25, 0.3) is 5.91 Å². The minimum atomic E-state index is -0.850. The molecule has 5 N–H and O–H groups in total. The summed E-state index contributed by atoms with van der Waals surface area (Å²) in [6.07, 6.45) is 4.68. The maximum Gasteiger partial charge on any atom is 0.407 e. The molecule has 1 saturated carbocycles. The summed E-state index contributed by atoms with van der Waals surface area (Å²) in [5.41, 5.74) is 4.54. The molecule has 1 saturated heterocycles. The highest BCUT2D eigenvalue weighted by molar-refractivity contribution is 5.98. The molecule has 57 heavy (non-hydrogen) atoms. The van der Waals surface area contributed by atoms with Gasteiger partial charge in [0.05, 0.1) is 0 Å². The molecule has 2 atom stereocenters. The largest absolute Gasteiger partial charge is 0.444 e. The fourth-order valence-corrected chi connectivity index (χ4v) is 7.48. The first kappa shape index (κ1) is 40.9. The minimum Gasteiger partial charge on any atom is -0.444 e. The maximum atomic E-state index is 13.8. The summed E-state index contributed by atoms with van der Waals surface area (Å²) in [5.74, 6) is -0.252. The molecule has 2 aromatic carbocycles. The Morgan fingerprint density at radius 3 is 2.30 bits per heavy atom. The molecule has 4 aromatic rings. The number of H-pyrrole nitrogens is 1. The smallest absolute Gasteiger partial charge is 0.407 e. The molecule has 0 bridgehead atoms. The number of nitrogens with zero attached hydrogens (tertiary/aromatic N) is 5. The molecular formula is C42H54N10O5. The predicted octanol–water partition coefficient (Wildman–Crippen LogP) is 5.06. The number of likely N-dealkylation sites (tertiary alicyclic amines) is 1. The third-order valence-corrected chi connectivity index (χ3v) is 10.5. The highest BCUT2D eigenvalue weighted by Gasteiger charge is 2.30. The zero-order valence-corrected chi connectivity index (χ0v) is 33.4. The predicted molar refractivity (Wildman–Crippen MR) is 216 cm³/mol. The highest BCUT2D eigenvalue weighted by Crippen LogP contribution is 2.29. The number of likely N-dealkylation sites (N-methyl/N-ethyl adjacent to an activating group) is 1. The van der Waals surface area contributed by atoms with Crippen molar-refractivity contribution in [2.24, 2.45) is 11.8 Å². The Balaban J connectivity index is 1.10. The van der Waals surface area contributed by atoms with Crippen LogP contribution in [-0.2, 0) is 20.7 Å². The summed E-state index contributed by atoms with van der Waals surface area (Å²) in [6, 6.07) is 17.9. The first-order valence-corrected chi connectivity index (χ1v) is 19.8. The van der Waals surface area contributed by atoms with Crippen molar-refractivity contribution in [2.45, 2.75) is 90.3 Å². The summed E-state index contributed by atoms with van der Waals surface area (Å²) >= 11 is 0. The fourth-order valence-electron chi connectivity index (χ4n) is 7.48. The van der Waals surface area contributed by atoms with Crippen LogP contribution in [0.2, 0.25) is 0 Å². The number of aryl methyl sites for hydroxylation is 1. The minimum absolute atomic E-state index is 0.111. The summed E-state index contributed by atoms with van der Waals surface area (Å²) in [7, 11) is 2.07. The first-order valence-electron chi connectivity index (χ1n) is 19.8. The van der Waals surface area contributed by atoms with Gasteiger partial charge in [-0.25, -0.2) is 9.78 Å². The van der Waals surface area contributed by atoms with Gasteiger partial charge < -0.3 is 30.9 Å². The van der Waals surface area contributed by atoms with E-state index in [4.69, 9.17) is 4.74 Å². The van der Waals surface area contributed by atoms with Crippen LogP contribution in [0.3, 0.4) is 0 Å². The van der Waals surface area contributed by atoms with E-state index in [2.05, 4.69) is 58.8 Å². The average molecular weight is 779 g/mol. The number of anilines is 1. The molecule has 2 aliphatic rings. The van der Waals surface area contributed by atoms with Crippen LogP contribution in [0.4, 0.5) is 10.5 Å². The van der Waals surface area contributed by atoms with Crippen LogP contribution in [0, 0.1) is 18.8 Å². The van der Waals surface area contributed by atoms with E-state index < -0.39 is 17.7 Å². The van der Waals surface area contributed by atoms with Gasteiger partial charge >= 0.3 is 6.09 Å². The SMILES string of the molecule is Cc1nc(C(=O)N[C@H]2CCCN(C)C2)ccc1-c1ccc(C[C@H](NC(=O)[C@H]2CC[C@H](CNC(=O)OC(C)(C)C)CC2)C(=O)Nc2ccc(-c3nn[nH]n3)cc2)cc1. The van der Waals surface area contributed by atoms with Crippen molar-refractivity contribution in [1.29, 1.82) is 0 Å². The number of aromatic amines is 1. The Labute approximate surface area is 333 Å². The van der Waals surface area contributed by atoms with Gasteiger partial charge in [0.15, 0.2) is 0 Å². The van der Waals surface area contributed by atoms with E-state index >= 15 is 0 Å². The van der Waals surface area contributed by atoms with Crippen LogP contribution >= 0.6 is 0 Å². The van der Waals surface area contributed by atoms with Crippen molar-refractivity contribution in [3.63, 3.8) is 0 Å². The van der Waals surface area contributed by atoms with E-state index in [1.807, 2.05) is 58.0 Å². The van der Waals surface area contributed by atoms with Gasteiger partial charge in [0, 0.05) is 54.0 Å². The normalized spacial score (nSPS) is 19.2. The maximum absolute atomic E-state index is 13.8. The number of piperidine rings is 1. The molecule has 1 aliphatic carbocycles. The lowest BCUT2D eigenvalue weighted by atomic mass is 9.81. The number of benzene rings is 2. The number of pyridine rings is 1. The summed E-state index contributed by atoms with van der Waals surface area (Å²) < 4.78 is 5.36. The van der Waals surface area contributed by atoms with Crippen LogP contribution in [0.5, 0.6) is 0 Å². The number of hydrogen-bond acceptors (Lipinski definition) is 10. The van der Waals surface area contributed by atoms with Gasteiger partial charge in [-0.05, 0) is 132 Å². The molecule has 1 aliphatic heterocycles. The van der Waals surface area contributed by atoms with Crippen molar-refractivity contribution in [3.8, 4) is 22.5 Å². The number of alkyl carbamates (subject to hydrolysis) is 1. The van der Waals surface area contributed by atoms with Crippen molar-refractivity contribution in [2.75, 3.05) is 32.0 Å². The number of nitrogens with one attached hydrogen (secondary N) is 5. The van der Waals surface area contributed by atoms with Gasteiger partial charge in [-0.1, -0.05) is 30.3 Å². The van der Waals surface area contributed by atoms with Crippen LogP contribution < -0.4 is 21.3 Å². The molecule has 0 unspecified atom stereocenters. The molecule has 2 fully saturated rings. The van der Waals surface area contributed by atoms with E-state index in [9.17, 15) is 19.2 Å². The second-order valence-electron chi connectivity index (χ2n) is 16.3. The second-order valence-corrected chi connectivity index (χ2v) is 16.3. The van der Waals surface area contributed by atoms with Gasteiger partial charge in [-0.15, -0.1) is 10.2 Å². The van der Waals surface area contributed by atoms with Gasteiger partial charge in [-0.3, -0.25) is 14.4 Å². The summed E-state index contributed by atoms with van der Waals surface area (Å²) in [4.78, 5) is 59.6. The van der Waals surface area contributed by atoms with Crippen molar-refractivity contribution in [1.82, 2.24) is 46.5 Å². The Morgan fingerprint density at radius 1 is 0.930 bits per heavy atom. The number of tetrazole rings is 1.